The van der Waals surface area contributed by atoms with Crippen molar-refractivity contribution in [1.82, 2.24) is 9.38 Å². The van der Waals surface area contributed by atoms with Crippen LogP contribution in [0.25, 0.3) is 11.2 Å². The van der Waals surface area contributed by atoms with Crippen molar-refractivity contribution in [1.29, 1.82) is 0 Å². The zero-order chi connectivity index (χ0) is 9.26. The molecular formula is C10H9BrN2. The minimum atomic E-state index is 0.773. The van der Waals surface area contributed by atoms with E-state index in [9.17, 15) is 0 Å². The van der Waals surface area contributed by atoms with Crippen LogP contribution < -0.4 is 0 Å². The monoisotopic (exact) mass is 236 g/mol. The van der Waals surface area contributed by atoms with Gasteiger partial charge < -0.3 is 4.40 Å². The van der Waals surface area contributed by atoms with E-state index in [4.69, 9.17) is 0 Å². The number of aromatic nitrogens is 2. The first-order chi connectivity index (χ1) is 6.33. The van der Waals surface area contributed by atoms with E-state index < -0.39 is 0 Å². The van der Waals surface area contributed by atoms with Gasteiger partial charge in [-0.25, -0.2) is 4.98 Å². The van der Waals surface area contributed by atoms with Gasteiger partial charge in [-0.1, -0.05) is 28.6 Å². The first-order valence-corrected chi connectivity index (χ1v) is 5.11. The van der Waals surface area contributed by atoms with Crippen molar-refractivity contribution in [2.75, 3.05) is 5.33 Å². The van der Waals surface area contributed by atoms with Gasteiger partial charge >= 0.3 is 0 Å². The lowest BCUT2D eigenvalue weighted by Crippen LogP contribution is -1.90. The summed E-state index contributed by atoms with van der Waals surface area (Å²) in [6.45, 7) is 3.96. The molecule has 2 nitrogen and oxygen atoms in total. The molecule has 0 fully saturated rings. The molecule has 0 atom stereocenters. The van der Waals surface area contributed by atoms with Crippen LogP contribution in [0, 0.1) is 0 Å². The van der Waals surface area contributed by atoms with Gasteiger partial charge in [-0.3, -0.25) is 0 Å². The Morgan fingerprint density at radius 2 is 2.38 bits per heavy atom. The van der Waals surface area contributed by atoms with Crippen molar-refractivity contribution in [2.24, 2.45) is 0 Å². The Hall–Kier alpha value is -1.09. The summed E-state index contributed by atoms with van der Waals surface area (Å²) in [5.41, 5.74) is 3.06. The molecule has 2 heterocycles. The molecule has 0 radical (unpaired) electrons. The highest BCUT2D eigenvalue weighted by molar-refractivity contribution is 9.09. The summed E-state index contributed by atoms with van der Waals surface area (Å²) in [5.74, 6) is 0. The van der Waals surface area contributed by atoms with Crippen LogP contribution in [-0.4, -0.2) is 14.7 Å². The van der Waals surface area contributed by atoms with Gasteiger partial charge in [-0.15, -0.1) is 0 Å². The first-order valence-electron chi connectivity index (χ1n) is 3.99. The number of fused-ring (bicyclic) bond motifs is 1. The fourth-order valence-electron chi connectivity index (χ4n) is 1.26. The molecule has 0 saturated carbocycles. The van der Waals surface area contributed by atoms with Crippen molar-refractivity contribution < 1.29 is 0 Å². The van der Waals surface area contributed by atoms with Crippen molar-refractivity contribution in [3.05, 3.63) is 42.9 Å². The molecule has 2 aromatic rings. The standard InChI is InChI=1S/C10H9BrN2/c1-8(6-11)9-7-12-10-4-2-3-5-13(9)10/h2-5,7H,1,6H2. The molecule has 2 rings (SSSR count). The van der Waals surface area contributed by atoms with Crippen LogP contribution in [0.15, 0.2) is 37.2 Å². The van der Waals surface area contributed by atoms with Crippen molar-refractivity contribution >= 4 is 27.2 Å². The molecule has 0 aliphatic carbocycles. The van der Waals surface area contributed by atoms with E-state index in [-0.39, 0.29) is 0 Å². The summed E-state index contributed by atoms with van der Waals surface area (Å²) in [5, 5.41) is 0.773. The lowest BCUT2D eigenvalue weighted by molar-refractivity contribution is 1.16. The predicted molar refractivity (Wildman–Crippen MR) is 58.0 cm³/mol. The summed E-state index contributed by atoms with van der Waals surface area (Å²) in [6.07, 6.45) is 3.84. The maximum Gasteiger partial charge on any atom is 0.137 e. The van der Waals surface area contributed by atoms with E-state index in [0.717, 1.165) is 22.2 Å². The van der Waals surface area contributed by atoms with Crippen molar-refractivity contribution in [2.45, 2.75) is 0 Å². The SMILES string of the molecule is C=C(CBr)c1cnc2ccccn12. The minimum absolute atomic E-state index is 0.773. The molecule has 13 heavy (non-hydrogen) atoms. The van der Waals surface area contributed by atoms with E-state index in [2.05, 4.69) is 27.5 Å². The number of pyridine rings is 1. The van der Waals surface area contributed by atoms with Gasteiger partial charge in [0.15, 0.2) is 0 Å². The molecule has 66 valence electrons. The van der Waals surface area contributed by atoms with Crippen molar-refractivity contribution in [3.8, 4) is 0 Å². The summed E-state index contributed by atoms with van der Waals surface area (Å²) >= 11 is 3.38. The summed E-state index contributed by atoms with van der Waals surface area (Å²) in [7, 11) is 0. The number of imidazole rings is 1. The Bertz CT molecular complexity index is 445. The number of alkyl halides is 1. The van der Waals surface area contributed by atoms with Crippen LogP contribution in [-0.2, 0) is 0 Å². The number of nitrogens with zero attached hydrogens (tertiary/aromatic N) is 2. The van der Waals surface area contributed by atoms with Gasteiger partial charge in [0.25, 0.3) is 0 Å². The maximum atomic E-state index is 4.27. The zero-order valence-electron chi connectivity index (χ0n) is 7.07. The summed E-state index contributed by atoms with van der Waals surface area (Å²) in [6, 6.07) is 5.94. The molecule has 0 aromatic carbocycles. The second-order valence-electron chi connectivity index (χ2n) is 2.81. The molecule has 3 heteroatoms. The van der Waals surface area contributed by atoms with E-state index in [0.29, 0.717) is 0 Å². The molecular weight excluding hydrogens is 228 g/mol. The molecule has 0 amide bonds. The molecule has 0 aliphatic rings. The lowest BCUT2D eigenvalue weighted by atomic mass is 10.3. The van der Waals surface area contributed by atoms with Gasteiger partial charge in [0.1, 0.15) is 5.65 Å². The summed E-state index contributed by atoms with van der Waals surface area (Å²) in [4.78, 5) is 4.27. The van der Waals surface area contributed by atoms with E-state index in [1.54, 1.807) is 0 Å². The number of hydrogen-bond donors (Lipinski definition) is 0. The van der Waals surface area contributed by atoms with Gasteiger partial charge in [0, 0.05) is 11.5 Å². The molecule has 2 aromatic heterocycles. The second kappa shape index (κ2) is 3.34. The molecule has 0 unspecified atom stereocenters. The second-order valence-corrected chi connectivity index (χ2v) is 3.37. The van der Waals surface area contributed by atoms with Crippen LogP contribution in [0.3, 0.4) is 0 Å². The number of halogens is 1. The van der Waals surface area contributed by atoms with Crippen LogP contribution in [0.1, 0.15) is 5.69 Å². The topological polar surface area (TPSA) is 17.3 Å². The quantitative estimate of drug-likeness (QED) is 0.734. The minimum Gasteiger partial charge on any atom is -0.300 e. The van der Waals surface area contributed by atoms with E-state index in [1.807, 2.05) is 35.0 Å². The van der Waals surface area contributed by atoms with Crippen LogP contribution in [0.5, 0.6) is 0 Å². The Labute approximate surface area is 85.0 Å². The zero-order valence-corrected chi connectivity index (χ0v) is 8.66. The number of allylic oxidation sites excluding steroid dienone is 1. The normalized spacial score (nSPS) is 10.5. The van der Waals surface area contributed by atoms with Gasteiger partial charge in [0.2, 0.25) is 0 Å². The van der Waals surface area contributed by atoms with Crippen molar-refractivity contribution in [3.63, 3.8) is 0 Å². The van der Waals surface area contributed by atoms with E-state index >= 15 is 0 Å². The fourth-order valence-corrected chi connectivity index (χ4v) is 1.55. The largest absolute Gasteiger partial charge is 0.300 e. The predicted octanol–water partition coefficient (Wildman–Crippen LogP) is 2.74. The maximum absolute atomic E-state index is 4.27. The Kier molecular flexibility index (Phi) is 2.19. The molecule has 0 saturated heterocycles. The Balaban J connectivity index is 2.64. The van der Waals surface area contributed by atoms with Gasteiger partial charge in [-0.05, 0) is 17.7 Å². The van der Waals surface area contributed by atoms with Gasteiger partial charge in [-0.2, -0.15) is 0 Å². The summed E-state index contributed by atoms with van der Waals surface area (Å²) < 4.78 is 2.03. The Morgan fingerprint density at radius 3 is 3.15 bits per heavy atom. The smallest absolute Gasteiger partial charge is 0.137 e. The molecule has 0 spiro atoms. The molecule has 0 bridgehead atoms. The average molecular weight is 237 g/mol. The molecule has 0 N–H and O–H groups in total. The fraction of sp³-hybridized carbons (Fsp3) is 0.100. The highest BCUT2D eigenvalue weighted by Crippen LogP contribution is 2.15. The lowest BCUT2D eigenvalue weighted by Gasteiger charge is -2.00. The van der Waals surface area contributed by atoms with Gasteiger partial charge in [0.05, 0.1) is 11.9 Å². The third-order valence-corrected chi connectivity index (χ3v) is 2.62. The highest BCUT2D eigenvalue weighted by Gasteiger charge is 2.03. The Morgan fingerprint density at radius 1 is 1.54 bits per heavy atom. The number of hydrogen-bond acceptors (Lipinski definition) is 1. The first kappa shape index (κ1) is 8.51. The van der Waals surface area contributed by atoms with E-state index in [1.165, 1.54) is 0 Å². The van der Waals surface area contributed by atoms with Crippen LogP contribution in [0.2, 0.25) is 0 Å². The third kappa shape index (κ3) is 1.40. The average Bonchev–Trinajstić information content (AvgIpc) is 2.60. The molecule has 0 aliphatic heterocycles. The highest BCUT2D eigenvalue weighted by atomic mass is 79.9. The van der Waals surface area contributed by atoms with Crippen LogP contribution in [0.4, 0.5) is 0 Å². The third-order valence-electron chi connectivity index (χ3n) is 1.94. The number of rotatable bonds is 2. The van der Waals surface area contributed by atoms with Crippen LogP contribution >= 0.6 is 15.9 Å².